The van der Waals surface area contributed by atoms with E-state index in [1.54, 1.807) is 14.0 Å². The molecular weight excluding hydrogens is 214 g/mol. The van der Waals surface area contributed by atoms with Gasteiger partial charge in [0.2, 0.25) is 0 Å². The Kier molecular flexibility index (Phi) is 2.86. The van der Waals surface area contributed by atoms with E-state index in [1.165, 1.54) is 0 Å². The standard InChI is InChI=1S/C14H15NO2/c1-14(15-2,13(16)17)12-9-5-7-10-6-3-4-8-11(10)12/h3-9,15H,1-2H3,(H,16,17)/t14-/m0/s1. The van der Waals surface area contributed by atoms with Gasteiger partial charge in [-0.2, -0.15) is 0 Å². The average Bonchev–Trinajstić information content (AvgIpc) is 2.37. The number of carbonyl (C=O) groups is 1. The lowest BCUT2D eigenvalue weighted by atomic mass is 9.88. The molecule has 0 aromatic heterocycles. The molecule has 0 saturated carbocycles. The van der Waals surface area contributed by atoms with Crippen molar-refractivity contribution in [3.63, 3.8) is 0 Å². The van der Waals surface area contributed by atoms with Crippen LogP contribution >= 0.6 is 0 Å². The van der Waals surface area contributed by atoms with Gasteiger partial charge in [0.25, 0.3) is 0 Å². The largest absolute Gasteiger partial charge is 0.480 e. The average molecular weight is 229 g/mol. The van der Waals surface area contributed by atoms with E-state index in [4.69, 9.17) is 0 Å². The van der Waals surface area contributed by atoms with E-state index in [0.717, 1.165) is 16.3 Å². The zero-order chi connectivity index (χ0) is 12.5. The van der Waals surface area contributed by atoms with E-state index in [-0.39, 0.29) is 0 Å². The smallest absolute Gasteiger partial charge is 0.328 e. The quantitative estimate of drug-likeness (QED) is 0.849. The zero-order valence-electron chi connectivity index (χ0n) is 9.90. The van der Waals surface area contributed by atoms with Crippen molar-refractivity contribution in [2.75, 3.05) is 7.05 Å². The summed E-state index contributed by atoms with van der Waals surface area (Å²) in [6.07, 6.45) is 0. The number of benzene rings is 2. The molecule has 0 heterocycles. The number of carboxylic acids is 1. The molecule has 0 fully saturated rings. The summed E-state index contributed by atoms with van der Waals surface area (Å²) < 4.78 is 0. The fourth-order valence-electron chi connectivity index (χ4n) is 2.02. The first-order valence-electron chi connectivity index (χ1n) is 5.50. The fourth-order valence-corrected chi connectivity index (χ4v) is 2.02. The molecule has 2 rings (SSSR count). The van der Waals surface area contributed by atoms with Crippen LogP contribution in [0.3, 0.4) is 0 Å². The third kappa shape index (κ3) is 1.78. The van der Waals surface area contributed by atoms with Crippen molar-refractivity contribution in [2.24, 2.45) is 0 Å². The number of carboxylic acid groups (broad SMARTS) is 1. The Morgan fingerprint density at radius 2 is 1.82 bits per heavy atom. The Bertz CT molecular complexity index is 560. The molecule has 1 atom stereocenters. The van der Waals surface area contributed by atoms with Gasteiger partial charge in [-0.3, -0.25) is 0 Å². The van der Waals surface area contributed by atoms with E-state index in [2.05, 4.69) is 5.32 Å². The van der Waals surface area contributed by atoms with Crippen LogP contribution in [0.1, 0.15) is 12.5 Å². The van der Waals surface area contributed by atoms with E-state index in [9.17, 15) is 9.90 Å². The molecule has 0 radical (unpaired) electrons. The second-order valence-electron chi connectivity index (χ2n) is 4.21. The first-order valence-corrected chi connectivity index (χ1v) is 5.50. The highest BCUT2D eigenvalue weighted by molar-refractivity contribution is 5.92. The van der Waals surface area contributed by atoms with Gasteiger partial charge in [0.05, 0.1) is 0 Å². The summed E-state index contributed by atoms with van der Waals surface area (Å²) in [5, 5.41) is 14.3. The Morgan fingerprint density at radius 3 is 2.47 bits per heavy atom. The number of rotatable bonds is 3. The SMILES string of the molecule is CN[C@](C)(C(=O)O)c1cccc2ccccc12. The minimum absolute atomic E-state index is 0.783. The summed E-state index contributed by atoms with van der Waals surface area (Å²) in [5.74, 6) is -0.878. The van der Waals surface area contributed by atoms with Crippen LogP contribution in [0.4, 0.5) is 0 Å². The molecule has 0 aliphatic heterocycles. The molecule has 17 heavy (non-hydrogen) atoms. The van der Waals surface area contributed by atoms with Gasteiger partial charge in [-0.15, -0.1) is 0 Å². The van der Waals surface area contributed by atoms with Gasteiger partial charge in [0, 0.05) is 0 Å². The summed E-state index contributed by atoms with van der Waals surface area (Å²) in [6, 6.07) is 13.5. The lowest BCUT2D eigenvalue weighted by Gasteiger charge is -2.26. The maximum absolute atomic E-state index is 11.4. The maximum atomic E-state index is 11.4. The van der Waals surface area contributed by atoms with E-state index in [1.807, 2.05) is 42.5 Å². The number of nitrogens with one attached hydrogen (secondary N) is 1. The van der Waals surface area contributed by atoms with Gasteiger partial charge in [-0.1, -0.05) is 42.5 Å². The second kappa shape index (κ2) is 4.18. The first-order chi connectivity index (χ1) is 8.09. The molecule has 0 unspecified atom stereocenters. The molecule has 0 aliphatic rings. The van der Waals surface area contributed by atoms with Crippen LogP contribution in [-0.4, -0.2) is 18.1 Å². The number of hydrogen-bond acceptors (Lipinski definition) is 2. The van der Waals surface area contributed by atoms with Crippen LogP contribution in [0.5, 0.6) is 0 Å². The van der Waals surface area contributed by atoms with Crippen LogP contribution in [0.15, 0.2) is 42.5 Å². The van der Waals surface area contributed by atoms with Crippen LogP contribution in [0.25, 0.3) is 10.8 Å². The minimum Gasteiger partial charge on any atom is -0.480 e. The molecular formula is C14H15NO2. The topological polar surface area (TPSA) is 49.3 Å². The van der Waals surface area contributed by atoms with E-state index < -0.39 is 11.5 Å². The van der Waals surface area contributed by atoms with Crippen molar-refractivity contribution < 1.29 is 9.90 Å². The highest BCUT2D eigenvalue weighted by Gasteiger charge is 2.34. The number of likely N-dealkylation sites (N-methyl/N-ethyl adjacent to an activating group) is 1. The lowest BCUT2D eigenvalue weighted by Crippen LogP contribution is -2.44. The molecule has 2 aromatic carbocycles. The maximum Gasteiger partial charge on any atom is 0.328 e. The summed E-state index contributed by atoms with van der Waals surface area (Å²) in [5.41, 5.74) is -0.286. The van der Waals surface area contributed by atoms with Crippen LogP contribution < -0.4 is 5.32 Å². The Balaban J connectivity index is 2.74. The predicted molar refractivity (Wildman–Crippen MR) is 68.0 cm³/mol. The molecule has 2 aromatic rings. The van der Waals surface area contributed by atoms with Crippen molar-refractivity contribution in [3.05, 3.63) is 48.0 Å². The number of aliphatic carboxylic acids is 1. The highest BCUT2D eigenvalue weighted by Crippen LogP contribution is 2.28. The van der Waals surface area contributed by atoms with Gasteiger partial charge in [-0.05, 0) is 30.3 Å². The molecule has 0 bridgehead atoms. The van der Waals surface area contributed by atoms with Gasteiger partial charge in [-0.25, -0.2) is 4.79 Å². The molecule has 2 N–H and O–H groups in total. The minimum atomic E-state index is -1.07. The molecule has 0 saturated heterocycles. The highest BCUT2D eigenvalue weighted by atomic mass is 16.4. The molecule has 0 aliphatic carbocycles. The molecule has 3 heteroatoms. The molecule has 3 nitrogen and oxygen atoms in total. The van der Waals surface area contributed by atoms with Crippen LogP contribution in [0.2, 0.25) is 0 Å². The summed E-state index contributed by atoms with van der Waals surface area (Å²) >= 11 is 0. The Hall–Kier alpha value is -1.87. The monoisotopic (exact) mass is 229 g/mol. The normalized spacial score (nSPS) is 14.5. The molecule has 0 amide bonds. The van der Waals surface area contributed by atoms with Crippen molar-refractivity contribution in [2.45, 2.75) is 12.5 Å². The van der Waals surface area contributed by atoms with E-state index in [0.29, 0.717) is 0 Å². The number of hydrogen-bond donors (Lipinski definition) is 2. The zero-order valence-corrected chi connectivity index (χ0v) is 9.90. The third-order valence-electron chi connectivity index (χ3n) is 3.26. The van der Waals surface area contributed by atoms with Crippen molar-refractivity contribution in [1.82, 2.24) is 5.32 Å². The third-order valence-corrected chi connectivity index (χ3v) is 3.26. The predicted octanol–water partition coefficient (Wildman–Crippen LogP) is 2.36. The molecule has 0 spiro atoms. The van der Waals surface area contributed by atoms with E-state index >= 15 is 0 Å². The van der Waals surface area contributed by atoms with Gasteiger partial charge in [0.15, 0.2) is 0 Å². The summed E-state index contributed by atoms with van der Waals surface area (Å²) in [7, 11) is 1.66. The summed E-state index contributed by atoms with van der Waals surface area (Å²) in [4.78, 5) is 11.4. The second-order valence-corrected chi connectivity index (χ2v) is 4.21. The Morgan fingerprint density at radius 1 is 1.18 bits per heavy atom. The van der Waals surface area contributed by atoms with Crippen LogP contribution in [0, 0.1) is 0 Å². The lowest BCUT2D eigenvalue weighted by molar-refractivity contribution is -0.144. The van der Waals surface area contributed by atoms with Gasteiger partial charge >= 0.3 is 5.97 Å². The van der Waals surface area contributed by atoms with Crippen molar-refractivity contribution in [1.29, 1.82) is 0 Å². The van der Waals surface area contributed by atoms with Crippen molar-refractivity contribution >= 4 is 16.7 Å². The van der Waals surface area contributed by atoms with Crippen molar-refractivity contribution in [3.8, 4) is 0 Å². The summed E-state index contributed by atoms with van der Waals surface area (Å²) in [6.45, 7) is 1.68. The van der Waals surface area contributed by atoms with Gasteiger partial charge < -0.3 is 10.4 Å². The number of fused-ring (bicyclic) bond motifs is 1. The van der Waals surface area contributed by atoms with Crippen LogP contribution in [-0.2, 0) is 10.3 Å². The Labute approximate surface area is 100 Å². The molecule has 88 valence electrons. The first kappa shape index (κ1) is 11.6. The van der Waals surface area contributed by atoms with Gasteiger partial charge in [0.1, 0.15) is 5.54 Å². The fraction of sp³-hybridized carbons (Fsp3) is 0.214.